The molecule has 0 spiro atoms. The van der Waals surface area contributed by atoms with E-state index in [2.05, 4.69) is 4.74 Å². The number of alkyl halides is 3. The average Bonchev–Trinajstić information content (AvgIpc) is 1.99. The van der Waals surface area contributed by atoms with E-state index < -0.39 is 3.79 Å². The SMILES string of the molecule is ClC(Cl)(Cl)C1CO1. The Morgan fingerprint density at radius 2 is 1.86 bits per heavy atom. The Hall–Kier alpha value is 0.830. The van der Waals surface area contributed by atoms with Gasteiger partial charge >= 0.3 is 0 Å². The molecule has 0 aromatic rings. The highest BCUT2D eigenvalue weighted by molar-refractivity contribution is 6.68. The van der Waals surface area contributed by atoms with Gasteiger partial charge in [-0.05, 0) is 0 Å². The zero-order valence-electron chi connectivity index (χ0n) is 3.33. The zero-order valence-corrected chi connectivity index (χ0v) is 5.59. The second kappa shape index (κ2) is 1.66. The Kier molecular flexibility index (Phi) is 1.41. The maximum atomic E-state index is 5.34. The van der Waals surface area contributed by atoms with Crippen LogP contribution in [-0.4, -0.2) is 16.5 Å². The van der Waals surface area contributed by atoms with E-state index in [0.717, 1.165) is 0 Å². The van der Waals surface area contributed by atoms with Crippen LogP contribution < -0.4 is 0 Å². The molecular formula is C3H3Cl3O. The van der Waals surface area contributed by atoms with Gasteiger partial charge in [-0.25, -0.2) is 0 Å². The fraction of sp³-hybridized carbons (Fsp3) is 1.00. The molecule has 1 heterocycles. The van der Waals surface area contributed by atoms with Crippen LogP contribution in [0.4, 0.5) is 0 Å². The van der Waals surface area contributed by atoms with Crippen LogP contribution in [0.1, 0.15) is 0 Å². The van der Waals surface area contributed by atoms with Crippen molar-refractivity contribution in [3.05, 3.63) is 0 Å². The van der Waals surface area contributed by atoms with Crippen molar-refractivity contribution in [2.75, 3.05) is 6.61 Å². The molecule has 0 radical (unpaired) electrons. The molecule has 0 aromatic carbocycles. The molecular weight excluding hydrogens is 158 g/mol. The third-order valence-corrected chi connectivity index (χ3v) is 1.43. The molecule has 0 N–H and O–H groups in total. The van der Waals surface area contributed by atoms with Crippen LogP contribution in [-0.2, 0) is 4.74 Å². The van der Waals surface area contributed by atoms with Gasteiger partial charge in [0.1, 0.15) is 6.10 Å². The summed E-state index contributed by atoms with van der Waals surface area (Å²) in [5.41, 5.74) is 0. The first kappa shape index (κ1) is 5.96. The van der Waals surface area contributed by atoms with E-state index in [1.165, 1.54) is 0 Å². The van der Waals surface area contributed by atoms with Crippen LogP contribution in [0.3, 0.4) is 0 Å². The Labute approximate surface area is 56.5 Å². The first-order chi connectivity index (χ1) is 3.11. The van der Waals surface area contributed by atoms with Gasteiger partial charge in [-0.15, -0.1) is 0 Å². The summed E-state index contributed by atoms with van der Waals surface area (Å²) >= 11 is 16.0. The van der Waals surface area contributed by atoms with Crippen molar-refractivity contribution in [3.63, 3.8) is 0 Å². The lowest BCUT2D eigenvalue weighted by Crippen LogP contribution is -2.10. The van der Waals surface area contributed by atoms with Crippen LogP contribution in [0.25, 0.3) is 0 Å². The van der Waals surface area contributed by atoms with E-state index in [-0.39, 0.29) is 6.10 Å². The summed E-state index contributed by atoms with van der Waals surface area (Å²) in [7, 11) is 0. The van der Waals surface area contributed by atoms with E-state index in [4.69, 9.17) is 34.8 Å². The van der Waals surface area contributed by atoms with E-state index >= 15 is 0 Å². The number of hydrogen-bond acceptors (Lipinski definition) is 1. The first-order valence-electron chi connectivity index (χ1n) is 1.79. The molecule has 0 aromatic heterocycles. The van der Waals surface area contributed by atoms with Crippen LogP contribution >= 0.6 is 34.8 Å². The number of hydrogen-bond donors (Lipinski definition) is 0. The van der Waals surface area contributed by atoms with Gasteiger partial charge in [-0.2, -0.15) is 0 Å². The molecule has 0 bridgehead atoms. The van der Waals surface area contributed by atoms with Gasteiger partial charge in [0.15, 0.2) is 0 Å². The van der Waals surface area contributed by atoms with Gasteiger partial charge in [0.05, 0.1) is 6.61 Å². The van der Waals surface area contributed by atoms with Crippen molar-refractivity contribution in [1.82, 2.24) is 0 Å². The Morgan fingerprint density at radius 1 is 1.43 bits per heavy atom. The van der Waals surface area contributed by atoms with E-state index in [0.29, 0.717) is 6.61 Å². The van der Waals surface area contributed by atoms with E-state index in [1.54, 1.807) is 0 Å². The minimum absolute atomic E-state index is 0.155. The Morgan fingerprint density at radius 3 is 1.86 bits per heavy atom. The fourth-order valence-corrected chi connectivity index (χ4v) is 0.615. The van der Waals surface area contributed by atoms with Crippen LogP contribution in [0.15, 0.2) is 0 Å². The van der Waals surface area contributed by atoms with Crippen LogP contribution in [0, 0.1) is 0 Å². The lowest BCUT2D eigenvalue weighted by atomic mass is 10.6. The molecule has 4 heteroatoms. The van der Waals surface area contributed by atoms with Gasteiger partial charge in [0, 0.05) is 0 Å². The lowest BCUT2D eigenvalue weighted by molar-refractivity contribution is 0.411. The van der Waals surface area contributed by atoms with Crippen molar-refractivity contribution in [1.29, 1.82) is 0 Å². The van der Waals surface area contributed by atoms with Gasteiger partial charge in [-0.1, -0.05) is 34.8 Å². The number of ether oxygens (including phenoxy) is 1. The van der Waals surface area contributed by atoms with Crippen molar-refractivity contribution in [2.45, 2.75) is 9.90 Å². The predicted octanol–water partition coefficient (Wildman–Crippen LogP) is 1.76. The third-order valence-electron chi connectivity index (χ3n) is 0.698. The average molecular weight is 161 g/mol. The largest absolute Gasteiger partial charge is 0.368 e. The van der Waals surface area contributed by atoms with Crippen molar-refractivity contribution < 1.29 is 4.74 Å². The summed E-state index contributed by atoms with van der Waals surface area (Å²) in [5, 5.41) is 0. The molecule has 0 saturated carbocycles. The molecule has 1 rings (SSSR count). The summed E-state index contributed by atoms with van der Waals surface area (Å²) in [6, 6.07) is 0. The topological polar surface area (TPSA) is 12.5 Å². The van der Waals surface area contributed by atoms with Gasteiger partial charge < -0.3 is 4.74 Å². The first-order valence-corrected chi connectivity index (χ1v) is 2.92. The van der Waals surface area contributed by atoms with E-state index in [9.17, 15) is 0 Å². The number of epoxide rings is 1. The Balaban J connectivity index is 2.36. The summed E-state index contributed by atoms with van der Waals surface area (Å²) < 4.78 is 3.48. The smallest absolute Gasteiger partial charge is 0.218 e. The third kappa shape index (κ3) is 1.65. The maximum absolute atomic E-state index is 5.34. The predicted molar refractivity (Wildman–Crippen MR) is 30.0 cm³/mol. The second-order valence-electron chi connectivity index (χ2n) is 1.36. The van der Waals surface area contributed by atoms with E-state index in [1.807, 2.05) is 0 Å². The summed E-state index contributed by atoms with van der Waals surface area (Å²) in [6.07, 6.45) is -0.155. The molecule has 7 heavy (non-hydrogen) atoms. The minimum atomic E-state index is -1.19. The second-order valence-corrected chi connectivity index (χ2v) is 3.73. The molecule has 1 fully saturated rings. The lowest BCUT2D eigenvalue weighted by Gasteiger charge is -2.02. The molecule has 1 aliphatic rings. The molecule has 42 valence electrons. The number of halogens is 3. The number of rotatable bonds is 0. The highest BCUT2D eigenvalue weighted by Crippen LogP contribution is 2.38. The van der Waals surface area contributed by atoms with Crippen molar-refractivity contribution in [3.8, 4) is 0 Å². The Bertz CT molecular complexity index is 72.7. The fourth-order valence-electron chi connectivity index (χ4n) is 0.237. The molecule has 1 saturated heterocycles. The normalized spacial score (nSPS) is 30.4. The standard InChI is InChI=1S/C3H3Cl3O/c4-3(5,6)2-1-7-2/h2H,1H2. The highest BCUT2D eigenvalue weighted by Gasteiger charge is 2.42. The molecule has 1 unspecified atom stereocenters. The quantitative estimate of drug-likeness (QED) is 0.390. The monoisotopic (exact) mass is 160 g/mol. The zero-order chi connectivity index (χ0) is 5.49. The summed E-state index contributed by atoms with van der Waals surface area (Å²) in [6.45, 7) is 0.580. The molecule has 0 amide bonds. The van der Waals surface area contributed by atoms with Crippen molar-refractivity contribution >= 4 is 34.8 Å². The molecule has 1 atom stereocenters. The van der Waals surface area contributed by atoms with Crippen LogP contribution in [0.2, 0.25) is 0 Å². The highest BCUT2D eigenvalue weighted by atomic mass is 35.6. The van der Waals surface area contributed by atoms with Crippen LogP contribution in [0.5, 0.6) is 0 Å². The molecule has 0 aliphatic carbocycles. The van der Waals surface area contributed by atoms with Gasteiger partial charge in [0.2, 0.25) is 3.79 Å². The summed E-state index contributed by atoms with van der Waals surface area (Å²) in [5.74, 6) is 0. The molecule has 1 aliphatic heterocycles. The molecule has 1 nitrogen and oxygen atoms in total. The summed E-state index contributed by atoms with van der Waals surface area (Å²) in [4.78, 5) is 0. The van der Waals surface area contributed by atoms with Gasteiger partial charge in [0.25, 0.3) is 0 Å². The maximum Gasteiger partial charge on any atom is 0.218 e. The minimum Gasteiger partial charge on any atom is -0.368 e. The van der Waals surface area contributed by atoms with Crippen molar-refractivity contribution in [2.24, 2.45) is 0 Å². The van der Waals surface area contributed by atoms with Gasteiger partial charge in [-0.3, -0.25) is 0 Å².